The number of nitrogens with two attached hydrogens (primary N) is 1. The van der Waals surface area contributed by atoms with Gasteiger partial charge in [-0.25, -0.2) is 13.6 Å². The number of carbonyl (C=O) groups is 7. The van der Waals surface area contributed by atoms with Crippen molar-refractivity contribution in [1.82, 2.24) is 10.6 Å². The average molecular weight is 1130 g/mol. The number of ether oxygens (including phenoxy) is 2. The maximum atomic E-state index is 17.9. The first kappa shape index (κ1) is 62.6. The monoisotopic (exact) mass is 1130 g/mol. The van der Waals surface area contributed by atoms with E-state index in [-0.39, 0.29) is 112 Å². The summed E-state index contributed by atoms with van der Waals surface area (Å²) in [6.07, 6.45) is 4.75. The summed E-state index contributed by atoms with van der Waals surface area (Å²) in [5.41, 5.74) is -0.715. The van der Waals surface area contributed by atoms with Crippen LogP contribution < -0.4 is 16.4 Å². The van der Waals surface area contributed by atoms with Crippen molar-refractivity contribution in [2.75, 3.05) is 25.1 Å². The number of esters is 1. The van der Waals surface area contributed by atoms with Gasteiger partial charge in [0.15, 0.2) is 28.6 Å². The molecule has 1 aromatic rings. The minimum atomic E-state index is -4.14. The molecular weight excluding hydrogens is 1050 g/mol. The zero-order valence-electron chi connectivity index (χ0n) is 46.0. The van der Waals surface area contributed by atoms with Crippen LogP contribution >= 0.6 is 19.4 Å². The number of aliphatic hydroxyl groups excluding tert-OH is 1. The Hall–Kier alpha value is -4.57. The van der Waals surface area contributed by atoms with Gasteiger partial charge in [-0.2, -0.15) is 0 Å². The quantitative estimate of drug-likeness (QED) is 0.0253. The van der Waals surface area contributed by atoms with Crippen molar-refractivity contribution in [2.24, 2.45) is 46.2 Å². The van der Waals surface area contributed by atoms with Gasteiger partial charge in [0.1, 0.15) is 18.9 Å². The Bertz CT molecular complexity index is 2570. The predicted molar refractivity (Wildman–Crippen MR) is 291 cm³/mol. The van der Waals surface area contributed by atoms with E-state index in [1.54, 1.807) is 45.0 Å². The molecule has 0 aliphatic heterocycles. The number of amides is 3. The fourth-order valence-electron chi connectivity index (χ4n) is 12.8. The highest BCUT2D eigenvalue weighted by molar-refractivity contribution is 8.13. The molecule has 5 aliphatic rings. The van der Waals surface area contributed by atoms with Gasteiger partial charge in [0.25, 0.3) is 0 Å². The molecule has 2 unspecified atom stereocenters. The first-order valence-corrected chi connectivity index (χ1v) is 30.4. The molecule has 3 amide bonds. The number of primary amides is 1. The molecule has 0 aromatic heterocycles. The summed E-state index contributed by atoms with van der Waals surface area (Å²) in [7, 11) is -4.14. The summed E-state index contributed by atoms with van der Waals surface area (Å²) in [5.74, 6) is 0.891. The van der Waals surface area contributed by atoms with Crippen LogP contribution in [-0.2, 0) is 60.4 Å². The molecule has 20 heteroatoms. The molecule has 16 nitrogen and oxygen atoms in total. The number of carbonyl (C=O) groups excluding carboxylic acids is 7. The average Bonchev–Trinajstić information content (AvgIpc) is 3.85. The number of aliphatic hydroxyl groups is 1. The number of nitrogens with one attached hydrogen (secondary N) is 2. The van der Waals surface area contributed by atoms with E-state index in [0.717, 1.165) is 49.9 Å². The minimum Gasteiger partial charge on any atom is -0.449 e. The third kappa shape index (κ3) is 14.1. The lowest BCUT2D eigenvalue weighted by molar-refractivity contribution is -0.228. The first-order valence-electron chi connectivity index (χ1n) is 27.7. The van der Waals surface area contributed by atoms with Crippen LogP contribution in [0.3, 0.4) is 0 Å². The van der Waals surface area contributed by atoms with Crippen LogP contribution in [0.25, 0.3) is 0 Å². The Morgan fingerprint density at radius 1 is 1.01 bits per heavy atom. The Morgan fingerprint density at radius 3 is 2.42 bits per heavy atom. The highest BCUT2D eigenvalue weighted by Gasteiger charge is 2.78. The van der Waals surface area contributed by atoms with E-state index in [2.05, 4.69) is 22.5 Å². The fourth-order valence-corrected chi connectivity index (χ4v) is 15.1. The molecule has 0 heterocycles. The highest BCUT2D eigenvalue weighted by atomic mass is 32.2. The van der Waals surface area contributed by atoms with Crippen molar-refractivity contribution >= 4 is 59.7 Å². The third-order valence-corrected chi connectivity index (χ3v) is 19.6. The summed E-state index contributed by atoms with van der Waals surface area (Å²) in [6, 6.07) is 4.99. The number of unbranched alkanes of at least 4 members (excludes halogenated alkanes) is 1. The second-order valence-electron chi connectivity index (χ2n) is 22.8. The third-order valence-electron chi connectivity index (χ3n) is 17.2. The van der Waals surface area contributed by atoms with Crippen LogP contribution in [0.5, 0.6) is 0 Å². The second kappa shape index (κ2) is 26.8. The van der Waals surface area contributed by atoms with Gasteiger partial charge in [-0.15, -0.1) is 5.92 Å². The summed E-state index contributed by atoms with van der Waals surface area (Å²) in [4.78, 5) is 103. The zero-order chi connectivity index (χ0) is 57.2. The molecule has 0 saturated heterocycles. The predicted octanol–water partition coefficient (Wildman–Crippen LogP) is 8.31. The SMILES string of the molecule is CCC(=O)O[C@]1(C(=O)SCCCCP(=O)(O)OCc2ccc(CC(=O)[C@H](CCCNC(N)=O)NC(=O)[C@@H](CC(=O)COC3C#CCCCCC3)C(C)C)cc2)[C@H](C)C[C@H]2[C@@H]3C[C@H](F)C4=CC(=O)C=C[C@]4(C)[C@@]3(F)[C@@H](O)C[C@@]21C. The topological polar surface area (TPSA) is 255 Å². The second-order valence-corrected chi connectivity index (χ2v) is 25.9. The lowest BCUT2D eigenvalue weighted by atomic mass is 9.44. The Morgan fingerprint density at radius 2 is 1.73 bits per heavy atom. The number of hydrogen-bond donors (Lipinski definition) is 5. The number of thioether (sulfide) groups is 1. The van der Waals surface area contributed by atoms with Crippen LogP contribution in [0.1, 0.15) is 143 Å². The van der Waals surface area contributed by atoms with Crippen LogP contribution in [0.2, 0.25) is 0 Å². The molecule has 13 atom stereocenters. The van der Waals surface area contributed by atoms with Crippen LogP contribution in [0.15, 0.2) is 48.1 Å². The molecular formula is C58H80F2N3O13PS. The number of fused-ring (bicyclic) bond motifs is 5. The Labute approximate surface area is 461 Å². The zero-order valence-corrected chi connectivity index (χ0v) is 47.7. The maximum absolute atomic E-state index is 17.9. The van der Waals surface area contributed by atoms with Crippen LogP contribution in [0, 0.1) is 52.3 Å². The number of halogens is 2. The van der Waals surface area contributed by atoms with E-state index in [1.807, 2.05) is 13.8 Å². The van der Waals surface area contributed by atoms with Crippen LogP contribution in [-0.4, -0.2) is 111 Å². The van der Waals surface area contributed by atoms with Crippen molar-refractivity contribution < 1.29 is 70.9 Å². The van der Waals surface area contributed by atoms with Gasteiger partial charge in [-0.05, 0) is 112 Å². The van der Waals surface area contributed by atoms with Crippen molar-refractivity contribution in [2.45, 2.75) is 180 Å². The smallest absolute Gasteiger partial charge is 0.328 e. The molecule has 0 bridgehead atoms. The molecule has 0 radical (unpaired) electrons. The minimum absolute atomic E-state index is 0.0163. The molecule has 0 spiro atoms. The highest BCUT2D eigenvalue weighted by Crippen LogP contribution is 2.72. The molecule has 430 valence electrons. The van der Waals surface area contributed by atoms with Crippen LogP contribution in [0.4, 0.5) is 13.6 Å². The molecule has 1 aromatic carbocycles. The van der Waals surface area contributed by atoms with Crippen molar-refractivity contribution in [1.29, 1.82) is 0 Å². The van der Waals surface area contributed by atoms with Gasteiger partial charge in [-0.3, -0.25) is 33.3 Å². The normalized spacial score (nSPS) is 30.8. The lowest BCUT2D eigenvalue weighted by Gasteiger charge is -2.63. The molecule has 78 heavy (non-hydrogen) atoms. The Balaban J connectivity index is 1.01. The van der Waals surface area contributed by atoms with E-state index >= 15 is 8.78 Å². The molecule has 6 N–H and O–H groups in total. The maximum Gasteiger partial charge on any atom is 0.328 e. The van der Waals surface area contributed by atoms with E-state index in [0.29, 0.717) is 24.0 Å². The van der Waals surface area contributed by atoms with E-state index in [1.165, 1.54) is 19.1 Å². The van der Waals surface area contributed by atoms with Gasteiger partial charge in [0.2, 0.25) is 11.0 Å². The standard InChI is InChI=1S/C58H80F2N3O13PS/c1-7-51(68)76-58(37(4)28-44-45-32-47(59)46-31-40(64)23-24-55(46,5)57(45,60)50(67)33-56(44,58)6)53(70)78-27-14-13-26-77(72,73)75-34-39-21-19-38(20-22-39)29-49(66)48(18-15-25-62-54(61)71)63-52(69)43(36(2)3)30-41(65)35-74-42-16-11-9-8-10-12-17-42/h19-24,31,36-37,42-45,47-48,50,67H,7-11,13-16,18,25-30,32-35H2,1-6H3,(H,63,69)(H,72,73)(H3,61,62,71)/t37-,42?,43+,44+,45+,47+,48+,50+,55+,56+,57+,58+/m1/s1. The summed E-state index contributed by atoms with van der Waals surface area (Å²) in [6.45, 7) is 10.00. The molecule has 6 rings (SSSR count). The number of allylic oxidation sites excluding steroid dienone is 4. The number of benzene rings is 1. The fraction of sp³-hybridized carbons (Fsp3) is 0.672. The number of rotatable bonds is 26. The summed E-state index contributed by atoms with van der Waals surface area (Å²) >= 11 is 0.898. The largest absolute Gasteiger partial charge is 0.449 e. The summed E-state index contributed by atoms with van der Waals surface area (Å²) in [5, 5.41) is 16.7. The van der Waals surface area contributed by atoms with E-state index in [9.17, 15) is 48.1 Å². The lowest BCUT2D eigenvalue weighted by Crippen LogP contribution is -2.70. The Kier molecular flexibility index (Phi) is 21.5. The number of hydrogen-bond acceptors (Lipinski definition) is 13. The number of ketones is 3. The summed E-state index contributed by atoms with van der Waals surface area (Å²) < 4.78 is 64.6. The van der Waals surface area contributed by atoms with Crippen molar-refractivity contribution in [3.63, 3.8) is 0 Å². The van der Waals surface area contributed by atoms with Crippen molar-refractivity contribution in [3.05, 3.63) is 59.2 Å². The number of alkyl halides is 2. The number of Topliss-reactive ketones (excluding diaryl/α,β-unsaturated/α-hetero) is 2. The van der Waals surface area contributed by atoms with Gasteiger partial charge in [-0.1, -0.05) is 89.1 Å². The van der Waals surface area contributed by atoms with Gasteiger partial charge >= 0.3 is 19.6 Å². The van der Waals surface area contributed by atoms with E-state index < -0.39 is 100 Å². The first-order chi connectivity index (χ1) is 36.8. The number of urea groups is 1. The van der Waals surface area contributed by atoms with Gasteiger partial charge in [0.05, 0.1) is 24.9 Å². The van der Waals surface area contributed by atoms with Gasteiger partial charge in [0, 0.05) is 66.6 Å². The molecule has 3 fully saturated rings. The molecule has 3 saturated carbocycles. The van der Waals surface area contributed by atoms with E-state index in [4.69, 9.17) is 19.7 Å². The van der Waals surface area contributed by atoms with Gasteiger partial charge < -0.3 is 40.4 Å². The molecule has 5 aliphatic carbocycles. The van der Waals surface area contributed by atoms with Crippen molar-refractivity contribution in [3.8, 4) is 11.8 Å².